The van der Waals surface area contributed by atoms with Crippen LogP contribution in [0.5, 0.6) is 0 Å². The van der Waals surface area contributed by atoms with Crippen LogP contribution >= 0.6 is 0 Å². The van der Waals surface area contributed by atoms with Gasteiger partial charge in [0.1, 0.15) is 0 Å². The van der Waals surface area contributed by atoms with Gasteiger partial charge in [0.15, 0.2) is 0 Å². The molecule has 3 aromatic carbocycles. The number of benzene rings is 3. The molecule has 5 rings (SSSR count). The first-order chi connectivity index (χ1) is 17.1. The molecule has 3 amide bonds. The average Bonchev–Trinajstić information content (AvgIpc) is 3.39. The van der Waals surface area contributed by atoms with Crippen molar-refractivity contribution in [3.63, 3.8) is 0 Å². The lowest BCUT2D eigenvalue weighted by molar-refractivity contribution is 0.102. The number of hydrogen-bond acceptors (Lipinski definition) is 4. The van der Waals surface area contributed by atoms with Crippen molar-refractivity contribution in [2.75, 3.05) is 23.7 Å². The summed E-state index contributed by atoms with van der Waals surface area (Å²) in [6.45, 7) is 2.44. The molecule has 7 nitrogen and oxygen atoms in total. The number of amides is 3. The first-order valence-corrected chi connectivity index (χ1v) is 11.9. The highest BCUT2D eigenvalue weighted by Crippen LogP contribution is 2.33. The number of anilines is 2. The predicted octanol–water partition coefficient (Wildman–Crippen LogP) is 4.83. The van der Waals surface area contributed by atoms with Gasteiger partial charge in [-0.1, -0.05) is 18.2 Å². The Balaban J connectivity index is 1.28. The molecule has 1 fully saturated rings. The van der Waals surface area contributed by atoms with Gasteiger partial charge in [-0.15, -0.1) is 0 Å². The Hall–Kier alpha value is -4.15. The standard InChI is InChI=1S/C28H27N5O2/c29-17-19-6-9-24(10-7-19)32-28(35)33-14-2-5-26(33)21-3-1-4-22(15-21)27(34)31-25-11-8-20-12-13-30-18-23(20)16-25/h1,3-4,6-11,15-16,26,30H,2,5,12-14,18H2,(H,31,34)(H,32,35). The summed E-state index contributed by atoms with van der Waals surface area (Å²) in [5.74, 6) is -0.165. The minimum Gasteiger partial charge on any atom is -0.322 e. The van der Waals surface area contributed by atoms with Crippen molar-refractivity contribution in [1.82, 2.24) is 10.2 Å². The van der Waals surface area contributed by atoms with Gasteiger partial charge in [0.25, 0.3) is 5.91 Å². The van der Waals surface area contributed by atoms with Gasteiger partial charge in [-0.2, -0.15) is 5.26 Å². The van der Waals surface area contributed by atoms with E-state index in [0.29, 0.717) is 23.4 Å². The Morgan fingerprint density at radius 2 is 1.80 bits per heavy atom. The van der Waals surface area contributed by atoms with Gasteiger partial charge < -0.3 is 20.9 Å². The molecular weight excluding hydrogens is 438 g/mol. The molecule has 0 aliphatic carbocycles. The molecule has 1 atom stereocenters. The predicted molar refractivity (Wildman–Crippen MR) is 135 cm³/mol. The SMILES string of the molecule is N#Cc1ccc(NC(=O)N2CCCC2c2cccc(C(=O)Nc3ccc4c(c3)CNCC4)c2)cc1. The van der Waals surface area contributed by atoms with Crippen molar-refractivity contribution in [1.29, 1.82) is 5.26 Å². The number of likely N-dealkylation sites (tertiary alicyclic amines) is 1. The van der Waals surface area contributed by atoms with Crippen molar-refractivity contribution in [2.45, 2.75) is 31.8 Å². The van der Waals surface area contributed by atoms with E-state index in [1.54, 1.807) is 30.3 Å². The van der Waals surface area contributed by atoms with Gasteiger partial charge in [-0.25, -0.2) is 4.79 Å². The van der Waals surface area contributed by atoms with Crippen LogP contribution in [0.25, 0.3) is 0 Å². The van der Waals surface area contributed by atoms with Gasteiger partial charge in [0, 0.05) is 30.0 Å². The number of urea groups is 1. The summed E-state index contributed by atoms with van der Waals surface area (Å²) >= 11 is 0. The van der Waals surface area contributed by atoms with Gasteiger partial charge >= 0.3 is 6.03 Å². The number of carbonyl (C=O) groups is 2. The molecule has 3 aromatic rings. The molecule has 0 bridgehead atoms. The number of carbonyl (C=O) groups excluding carboxylic acids is 2. The molecule has 0 radical (unpaired) electrons. The smallest absolute Gasteiger partial charge is 0.322 e. The van der Waals surface area contributed by atoms with E-state index in [4.69, 9.17) is 5.26 Å². The van der Waals surface area contributed by atoms with Crippen LogP contribution in [-0.2, 0) is 13.0 Å². The second-order valence-electron chi connectivity index (χ2n) is 8.96. The highest BCUT2D eigenvalue weighted by molar-refractivity contribution is 6.04. The van der Waals surface area contributed by atoms with E-state index >= 15 is 0 Å². The lowest BCUT2D eigenvalue weighted by Crippen LogP contribution is -2.34. The van der Waals surface area contributed by atoms with Crippen LogP contribution in [0.2, 0.25) is 0 Å². The lowest BCUT2D eigenvalue weighted by Gasteiger charge is -2.25. The Bertz CT molecular complexity index is 1300. The van der Waals surface area contributed by atoms with Crippen molar-refractivity contribution >= 4 is 23.3 Å². The molecule has 3 N–H and O–H groups in total. The fourth-order valence-corrected chi connectivity index (χ4v) is 4.83. The maximum absolute atomic E-state index is 13.0. The lowest BCUT2D eigenvalue weighted by atomic mass is 10.00. The van der Waals surface area contributed by atoms with E-state index in [0.717, 1.165) is 43.6 Å². The Kier molecular flexibility index (Phi) is 6.47. The maximum Gasteiger partial charge on any atom is 0.322 e. The highest BCUT2D eigenvalue weighted by Gasteiger charge is 2.30. The van der Waals surface area contributed by atoms with Crippen molar-refractivity contribution < 1.29 is 9.59 Å². The zero-order valence-electron chi connectivity index (χ0n) is 19.4. The summed E-state index contributed by atoms with van der Waals surface area (Å²) in [6, 6.07) is 22.2. The number of nitrogens with one attached hydrogen (secondary N) is 3. The third kappa shape index (κ3) is 5.03. The van der Waals surface area contributed by atoms with Gasteiger partial charge in [-0.3, -0.25) is 4.79 Å². The third-order valence-electron chi connectivity index (χ3n) is 6.66. The summed E-state index contributed by atoms with van der Waals surface area (Å²) in [5, 5.41) is 18.3. The van der Waals surface area contributed by atoms with Gasteiger partial charge in [-0.05, 0) is 91.0 Å². The Morgan fingerprint density at radius 1 is 0.971 bits per heavy atom. The molecule has 35 heavy (non-hydrogen) atoms. The van der Waals surface area contributed by atoms with E-state index in [1.807, 2.05) is 35.2 Å². The number of fused-ring (bicyclic) bond motifs is 1. The average molecular weight is 466 g/mol. The molecule has 2 heterocycles. The third-order valence-corrected chi connectivity index (χ3v) is 6.66. The summed E-state index contributed by atoms with van der Waals surface area (Å²) in [6.07, 6.45) is 2.73. The van der Waals surface area contributed by atoms with Crippen molar-refractivity contribution in [3.8, 4) is 6.07 Å². The number of nitrogens with zero attached hydrogens (tertiary/aromatic N) is 2. The molecular formula is C28H27N5O2. The number of hydrogen-bond donors (Lipinski definition) is 3. The molecule has 7 heteroatoms. The fraction of sp³-hybridized carbons (Fsp3) is 0.250. The van der Waals surface area contributed by atoms with E-state index < -0.39 is 0 Å². The van der Waals surface area contributed by atoms with E-state index in [2.05, 4.69) is 28.1 Å². The van der Waals surface area contributed by atoms with Crippen LogP contribution in [-0.4, -0.2) is 29.9 Å². The van der Waals surface area contributed by atoms with Crippen molar-refractivity contribution in [3.05, 3.63) is 94.5 Å². The van der Waals surface area contributed by atoms with Crippen molar-refractivity contribution in [2.24, 2.45) is 0 Å². The molecule has 0 aromatic heterocycles. The first-order valence-electron chi connectivity index (χ1n) is 11.9. The molecule has 0 spiro atoms. The van der Waals surface area contributed by atoms with Crippen LogP contribution in [0.3, 0.4) is 0 Å². The number of nitriles is 1. The summed E-state index contributed by atoms with van der Waals surface area (Å²) in [5.41, 5.74) is 6.03. The van der Waals surface area contributed by atoms with E-state index in [9.17, 15) is 9.59 Å². The second kappa shape index (κ2) is 10.00. The molecule has 1 unspecified atom stereocenters. The second-order valence-corrected chi connectivity index (χ2v) is 8.96. The minimum atomic E-state index is -0.185. The summed E-state index contributed by atoms with van der Waals surface area (Å²) in [7, 11) is 0. The molecule has 176 valence electrons. The topological polar surface area (TPSA) is 97.3 Å². The van der Waals surface area contributed by atoms with Crippen LogP contribution < -0.4 is 16.0 Å². The molecule has 2 aliphatic heterocycles. The van der Waals surface area contributed by atoms with Gasteiger partial charge in [0.2, 0.25) is 0 Å². The van der Waals surface area contributed by atoms with Crippen LogP contribution in [0.15, 0.2) is 66.7 Å². The minimum absolute atomic E-state index is 0.101. The van der Waals surface area contributed by atoms with Crippen LogP contribution in [0.4, 0.5) is 16.2 Å². The van der Waals surface area contributed by atoms with Crippen LogP contribution in [0, 0.1) is 11.3 Å². The zero-order chi connectivity index (χ0) is 24.2. The summed E-state index contributed by atoms with van der Waals surface area (Å²) < 4.78 is 0. The zero-order valence-corrected chi connectivity index (χ0v) is 19.4. The highest BCUT2D eigenvalue weighted by atomic mass is 16.2. The van der Waals surface area contributed by atoms with E-state index in [-0.39, 0.29) is 18.0 Å². The monoisotopic (exact) mass is 465 g/mol. The largest absolute Gasteiger partial charge is 0.322 e. The Morgan fingerprint density at radius 3 is 2.63 bits per heavy atom. The quantitative estimate of drug-likeness (QED) is 0.514. The van der Waals surface area contributed by atoms with E-state index in [1.165, 1.54) is 11.1 Å². The maximum atomic E-state index is 13.0. The normalized spacial score (nSPS) is 16.8. The fourth-order valence-electron chi connectivity index (χ4n) is 4.83. The number of rotatable bonds is 4. The first kappa shape index (κ1) is 22.6. The molecule has 2 aliphatic rings. The summed E-state index contributed by atoms with van der Waals surface area (Å²) in [4.78, 5) is 27.8. The van der Waals surface area contributed by atoms with Crippen LogP contribution in [0.1, 0.15) is 51.5 Å². The molecule has 0 saturated carbocycles. The Labute approximate surface area is 204 Å². The molecule has 1 saturated heterocycles. The van der Waals surface area contributed by atoms with Gasteiger partial charge in [0.05, 0.1) is 17.7 Å².